The van der Waals surface area contributed by atoms with Crippen molar-refractivity contribution in [1.82, 2.24) is 16.0 Å². The first-order valence-corrected chi connectivity index (χ1v) is 4.20. The first-order valence-electron chi connectivity index (χ1n) is 4.20. The number of primary amides is 1. The summed E-state index contributed by atoms with van der Waals surface area (Å²) in [5.41, 5.74) is 4.82. The fourth-order valence-corrected chi connectivity index (χ4v) is 1.15. The zero-order chi connectivity index (χ0) is 10.6. The number of imide groups is 1. The predicted octanol–water partition coefficient (Wildman–Crippen LogP) is -2.34. The van der Waals surface area contributed by atoms with E-state index in [1.165, 1.54) is 0 Å². The molecule has 0 aliphatic carbocycles. The molecule has 78 valence electrons. The fraction of sp³-hybridized carbons (Fsp3) is 0.571. The summed E-state index contributed by atoms with van der Waals surface area (Å²) in [6.45, 7) is 0.724. The highest BCUT2D eigenvalue weighted by atomic mass is 16.2. The van der Waals surface area contributed by atoms with Crippen molar-refractivity contribution in [3.05, 3.63) is 0 Å². The zero-order valence-corrected chi connectivity index (χ0v) is 7.50. The average molecular weight is 200 g/mol. The minimum atomic E-state index is -0.612. The second kappa shape index (κ2) is 4.56. The van der Waals surface area contributed by atoms with Crippen molar-refractivity contribution in [3.63, 3.8) is 0 Å². The maximum absolute atomic E-state index is 11.0. The molecule has 1 rings (SSSR count). The van der Waals surface area contributed by atoms with E-state index < -0.39 is 12.1 Å². The van der Waals surface area contributed by atoms with Crippen LogP contribution in [0.5, 0.6) is 0 Å². The molecule has 0 aromatic rings. The molecule has 1 aliphatic rings. The Balaban J connectivity index is 2.16. The number of hydrogen-bond donors (Lipinski definition) is 4. The minimum Gasteiger partial charge on any atom is -0.352 e. The van der Waals surface area contributed by atoms with Gasteiger partial charge in [0, 0.05) is 13.1 Å². The molecule has 1 fully saturated rings. The van der Waals surface area contributed by atoms with E-state index in [0.29, 0.717) is 13.1 Å². The number of hydrogen-bond acceptors (Lipinski definition) is 4. The SMILES string of the molecule is NC(=O)NCCNC1CC(=O)NC1=O. The topological polar surface area (TPSA) is 113 Å². The maximum Gasteiger partial charge on any atom is 0.312 e. The average Bonchev–Trinajstić information content (AvgIpc) is 2.39. The van der Waals surface area contributed by atoms with E-state index in [2.05, 4.69) is 16.0 Å². The van der Waals surface area contributed by atoms with Gasteiger partial charge in [0.2, 0.25) is 11.8 Å². The number of carbonyl (C=O) groups excluding carboxylic acids is 3. The van der Waals surface area contributed by atoms with Crippen LogP contribution in [0.4, 0.5) is 4.79 Å². The lowest BCUT2D eigenvalue weighted by atomic mass is 10.2. The number of nitrogens with one attached hydrogen (secondary N) is 3. The Morgan fingerprint density at radius 2 is 2.21 bits per heavy atom. The molecular formula is C7H12N4O3. The maximum atomic E-state index is 11.0. The molecule has 0 spiro atoms. The van der Waals surface area contributed by atoms with E-state index in [9.17, 15) is 14.4 Å². The van der Waals surface area contributed by atoms with Crippen LogP contribution >= 0.6 is 0 Å². The van der Waals surface area contributed by atoms with Crippen molar-refractivity contribution < 1.29 is 14.4 Å². The Bertz CT molecular complexity index is 266. The van der Waals surface area contributed by atoms with E-state index in [-0.39, 0.29) is 18.2 Å². The highest BCUT2D eigenvalue weighted by Crippen LogP contribution is 1.99. The van der Waals surface area contributed by atoms with Crippen LogP contribution in [0, 0.1) is 0 Å². The Labute approximate surface area is 80.4 Å². The summed E-state index contributed by atoms with van der Waals surface area (Å²) in [6.07, 6.45) is 0.148. The zero-order valence-electron chi connectivity index (χ0n) is 7.50. The smallest absolute Gasteiger partial charge is 0.312 e. The first-order chi connectivity index (χ1) is 6.59. The normalized spacial score (nSPS) is 20.7. The molecule has 1 saturated heterocycles. The van der Waals surface area contributed by atoms with Crippen molar-refractivity contribution in [2.45, 2.75) is 12.5 Å². The summed E-state index contributed by atoms with van der Waals surface area (Å²) < 4.78 is 0. The highest BCUT2D eigenvalue weighted by molar-refractivity contribution is 6.05. The highest BCUT2D eigenvalue weighted by Gasteiger charge is 2.29. The molecule has 0 aromatic carbocycles. The van der Waals surface area contributed by atoms with Gasteiger partial charge in [-0.2, -0.15) is 0 Å². The van der Waals surface area contributed by atoms with Gasteiger partial charge in [-0.15, -0.1) is 0 Å². The van der Waals surface area contributed by atoms with E-state index in [1.807, 2.05) is 0 Å². The number of urea groups is 1. The molecular weight excluding hydrogens is 188 g/mol. The summed E-state index contributed by atoms with van der Waals surface area (Å²) in [7, 11) is 0. The number of nitrogens with two attached hydrogens (primary N) is 1. The first kappa shape index (κ1) is 10.5. The third-order valence-electron chi connectivity index (χ3n) is 1.78. The van der Waals surface area contributed by atoms with E-state index in [1.54, 1.807) is 0 Å². The summed E-state index contributed by atoms with van der Waals surface area (Å²) >= 11 is 0. The summed E-state index contributed by atoms with van der Waals surface area (Å²) in [5, 5.41) is 7.33. The van der Waals surface area contributed by atoms with Gasteiger partial charge >= 0.3 is 6.03 Å². The van der Waals surface area contributed by atoms with Crippen LogP contribution in [-0.4, -0.2) is 37.0 Å². The quantitative estimate of drug-likeness (QED) is 0.301. The van der Waals surface area contributed by atoms with Crippen molar-refractivity contribution in [3.8, 4) is 0 Å². The van der Waals surface area contributed by atoms with Crippen LogP contribution in [-0.2, 0) is 9.59 Å². The Morgan fingerprint density at radius 3 is 2.71 bits per heavy atom. The van der Waals surface area contributed by atoms with Crippen LogP contribution in [0.15, 0.2) is 0 Å². The standard InChI is InChI=1S/C7H12N4O3/c8-7(14)10-2-1-9-4-3-5(12)11-6(4)13/h4,9H,1-3H2,(H3,8,10,14)(H,11,12,13). The monoisotopic (exact) mass is 200 g/mol. The van der Waals surface area contributed by atoms with E-state index in [4.69, 9.17) is 5.73 Å². The van der Waals surface area contributed by atoms with E-state index in [0.717, 1.165) is 0 Å². The summed E-state index contributed by atoms with van der Waals surface area (Å²) in [4.78, 5) is 32.0. The summed E-state index contributed by atoms with van der Waals surface area (Å²) in [5.74, 6) is -0.607. The lowest BCUT2D eigenvalue weighted by Gasteiger charge is -2.08. The predicted molar refractivity (Wildman–Crippen MR) is 47.1 cm³/mol. The number of carbonyl (C=O) groups is 3. The van der Waals surface area contributed by atoms with Gasteiger partial charge in [-0.05, 0) is 0 Å². The van der Waals surface area contributed by atoms with Crippen molar-refractivity contribution >= 4 is 17.8 Å². The number of rotatable bonds is 4. The molecule has 7 nitrogen and oxygen atoms in total. The lowest BCUT2D eigenvalue weighted by molar-refractivity contribution is -0.125. The molecule has 1 atom stereocenters. The lowest BCUT2D eigenvalue weighted by Crippen LogP contribution is -2.41. The second-order valence-electron chi connectivity index (χ2n) is 2.91. The van der Waals surface area contributed by atoms with Crippen LogP contribution in [0.3, 0.4) is 0 Å². The van der Waals surface area contributed by atoms with E-state index >= 15 is 0 Å². The Hall–Kier alpha value is -1.63. The fourth-order valence-electron chi connectivity index (χ4n) is 1.15. The molecule has 0 bridgehead atoms. The van der Waals surface area contributed by atoms with Crippen LogP contribution in [0.2, 0.25) is 0 Å². The second-order valence-corrected chi connectivity index (χ2v) is 2.91. The molecule has 5 N–H and O–H groups in total. The molecule has 14 heavy (non-hydrogen) atoms. The molecule has 1 aliphatic heterocycles. The molecule has 0 aromatic heterocycles. The minimum absolute atomic E-state index is 0.148. The number of amides is 4. The van der Waals surface area contributed by atoms with Gasteiger partial charge in [0.25, 0.3) is 0 Å². The molecule has 0 saturated carbocycles. The van der Waals surface area contributed by atoms with Crippen LogP contribution in [0.25, 0.3) is 0 Å². The van der Waals surface area contributed by atoms with Crippen molar-refractivity contribution in [1.29, 1.82) is 0 Å². The molecule has 1 unspecified atom stereocenters. The van der Waals surface area contributed by atoms with Gasteiger partial charge < -0.3 is 16.4 Å². The molecule has 4 amide bonds. The Kier molecular flexibility index (Phi) is 3.41. The van der Waals surface area contributed by atoms with Gasteiger partial charge in [0.05, 0.1) is 12.5 Å². The third kappa shape index (κ3) is 3.02. The van der Waals surface area contributed by atoms with Crippen LogP contribution in [0.1, 0.15) is 6.42 Å². The molecule has 1 heterocycles. The van der Waals surface area contributed by atoms with Gasteiger partial charge in [-0.3, -0.25) is 14.9 Å². The van der Waals surface area contributed by atoms with Gasteiger partial charge in [-0.25, -0.2) is 4.79 Å². The van der Waals surface area contributed by atoms with Crippen molar-refractivity contribution in [2.24, 2.45) is 5.73 Å². The van der Waals surface area contributed by atoms with Gasteiger partial charge in [-0.1, -0.05) is 0 Å². The van der Waals surface area contributed by atoms with Crippen LogP contribution < -0.4 is 21.7 Å². The third-order valence-corrected chi connectivity index (χ3v) is 1.78. The molecule has 0 radical (unpaired) electrons. The molecule has 7 heteroatoms. The summed E-state index contributed by atoms with van der Waals surface area (Å²) in [6, 6.07) is -1.10. The van der Waals surface area contributed by atoms with Gasteiger partial charge in [0.15, 0.2) is 0 Å². The van der Waals surface area contributed by atoms with Gasteiger partial charge in [0.1, 0.15) is 0 Å². The largest absolute Gasteiger partial charge is 0.352 e. The van der Waals surface area contributed by atoms with Crippen molar-refractivity contribution in [2.75, 3.05) is 13.1 Å². The Morgan fingerprint density at radius 1 is 1.50 bits per heavy atom.